The number of carbonyl (C=O) groups is 1. The lowest BCUT2D eigenvalue weighted by Crippen LogP contribution is -2.67. The van der Waals surface area contributed by atoms with E-state index in [0.717, 1.165) is 25.2 Å². The molecule has 1 aliphatic carbocycles. The topological polar surface area (TPSA) is 89.7 Å². The summed E-state index contributed by atoms with van der Waals surface area (Å²) in [7, 11) is 4.95. The Kier molecular flexibility index (Phi) is 7.49. The molecule has 8 heteroatoms. The molecular formula is C23H34N4O3S. The van der Waals surface area contributed by atoms with Crippen molar-refractivity contribution in [3.05, 3.63) is 59.7 Å². The predicted molar refractivity (Wildman–Crippen MR) is 122 cm³/mol. The third-order valence-corrected chi connectivity index (χ3v) is 7.84. The molecule has 0 saturated carbocycles. The highest BCUT2D eigenvalue weighted by molar-refractivity contribution is 7.73. The summed E-state index contributed by atoms with van der Waals surface area (Å²) in [5.41, 5.74) is 7.17. The lowest BCUT2D eigenvalue weighted by Gasteiger charge is -2.47. The van der Waals surface area contributed by atoms with Gasteiger partial charge >= 0.3 is 0 Å². The van der Waals surface area contributed by atoms with E-state index < -0.39 is 20.8 Å². The zero-order chi connectivity index (χ0) is 22.6. The zero-order valence-electron chi connectivity index (χ0n) is 18.7. The van der Waals surface area contributed by atoms with Crippen LogP contribution >= 0.6 is 0 Å². The van der Waals surface area contributed by atoms with E-state index in [-0.39, 0.29) is 18.4 Å². The van der Waals surface area contributed by atoms with E-state index in [1.807, 2.05) is 37.4 Å². The average Bonchev–Trinajstić information content (AvgIpc) is 3.27. The minimum atomic E-state index is -2.44. The second-order valence-electron chi connectivity index (χ2n) is 8.93. The number of likely N-dealkylation sites (N-methyl/N-ethyl adjacent to an activating group) is 2. The van der Waals surface area contributed by atoms with Gasteiger partial charge in [0.2, 0.25) is 5.91 Å². The molecule has 1 aromatic carbocycles. The molecular weight excluding hydrogens is 412 g/mol. The number of nitrogens with two attached hydrogens (primary N) is 1. The molecule has 0 spiro atoms. The van der Waals surface area contributed by atoms with Crippen molar-refractivity contribution in [3.8, 4) is 0 Å². The van der Waals surface area contributed by atoms with Crippen molar-refractivity contribution in [1.29, 1.82) is 0 Å². The molecule has 7 nitrogen and oxygen atoms in total. The quantitative estimate of drug-likeness (QED) is 0.375. The van der Waals surface area contributed by atoms with E-state index in [9.17, 15) is 13.6 Å². The van der Waals surface area contributed by atoms with Gasteiger partial charge in [0.05, 0.1) is 26.6 Å². The third-order valence-electron chi connectivity index (χ3n) is 6.77. The highest BCUT2D eigenvalue weighted by Crippen LogP contribution is 2.35. The van der Waals surface area contributed by atoms with Crippen LogP contribution in [0.4, 0.5) is 0 Å². The van der Waals surface area contributed by atoms with Gasteiger partial charge in [-0.15, -0.1) is 0 Å². The maximum atomic E-state index is 13.4. The number of allylic oxidation sites excluding steroid dienone is 2. The second kappa shape index (κ2) is 9.75. The van der Waals surface area contributed by atoms with Gasteiger partial charge in [-0.05, 0) is 31.5 Å². The summed E-state index contributed by atoms with van der Waals surface area (Å²) in [6.07, 6.45) is 8.30. The second-order valence-corrected chi connectivity index (χ2v) is 10.3. The summed E-state index contributed by atoms with van der Waals surface area (Å²) < 4.78 is 23.4. The number of amides is 1. The van der Waals surface area contributed by atoms with Gasteiger partial charge in [-0.3, -0.25) is 10.5 Å². The molecule has 3 rings (SSSR count). The van der Waals surface area contributed by atoms with Gasteiger partial charge in [0.25, 0.3) is 0 Å². The molecule has 2 N–H and O–H groups in total. The van der Waals surface area contributed by atoms with Crippen LogP contribution in [-0.2, 0) is 16.1 Å². The molecule has 2 aliphatic rings. The Morgan fingerprint density at radius 1 is 1.29 bits per heavy atom. The van der Waals surface area contributed by atoms with Crippen molar-refractivity contribution in [1.82, 2.24) is 9.80 Å². The minimum Gasteiger partial charge on any atom is -0.724 e. The molecule has 1 aromatic rings. The Bertz CT molecular complexity index is 865. The first-order valence-corrected chi connectivity index (χ1v) is 11.8. The summed E-state index contributed by atoms with van der Waals surface area (Å²) in [5, 5.41) is 0. The number of quaternary nitrogens is 1. The van der Waals surface area contributed by atoms with Gasteiger partial charge in [0, 0.05) is 25.6 Å². The molecule has 0 aromatic heterocycles. The summed E-state index contributed by atoms with van der Waals surface area (Å²) >= 11 is -2.44. The van der Waals surface area contributed by atoms with E-state index in [2.05, 4.69) is 17.0 Å². The largest absolute Gasteiger partial charge is 0.724 e. The average molecular weight is 447 g/mol. The number of carbonyl (C=O) groups excluding carboxylic acids is 1. The normalized spacial score (nSPS) is 24.0. The van der Waals surface area contributed by atoms with Crippen molar-refractivity contribution in [2.75, 3.05) is 40.8 Å². The minimum absolute atomic E-state index is 0.0684. The van der Waals surface area contributed by atoms with Crippen LogP contribution in [-0.4, -0.2) is 74.8 Å². The number of likely N-dealkylation sites (tertiary alicyclic amines) is 1. The lowest BCUT2D eigenvalue weighted by atomic mass is 9.88. The van der Waals surface area contributed by atoms with Gasteiger partial charge < -0.3 is 14.4 Å². The van der Waals surface area contributed by atoms with Crippen LogP contribution in [0.5, 0.6) is 0 Å². The molecule has 1 fully saturated rings. The van der Waals surface area contributed by atoms with Crippen molar-refractivity contribution in [2.24, 2.45) is 5.73 Å². The number of nitrogens with zero attached hydrogens (tertiary/aromatic N) is 3. The standard InChI is InChI=1S/C23H34N4O3S/c1-25(21(18-26-15-9-10-16-26)19-11-5-4-6-12-19)22(28)17-20-13-7-8-14-23(20,24)27(2,3)31(29)30/h4-8,11-13,21H,9-10,14-18,24H2,1-3H3/t21-,23?/m1/s1. The van der Waals surface area contributed by atoms with Gasteiger partial charge in [-0.1, -0.05) is 48.6 Å². The monoisotopic (exact) mass is 446 g/mol. The van der Waals surface area contributed by atoms with Crippen LogP contribution in [0.2, 0.25) is 0 Å². The van der Waals surface area contributed by atoms with Crippen molar-refractivity contribution >= 4 is 17.2 Å². The van der Waals surface area contributed by atoms with E-state index in [0.29, 0.717) is 12.0 Å². The third kappa shape index (κ3) is 4.99. The van der Waals surface area contributed by atoms with Crippen molar-refractivity contribution in [2.45, 2.75) is 37.4 Å². The fourth-order valence-corrected chi connectivity index (χ4v) is 4.87. The molecule has 0 radical (unpaired) electrons. The van der Waals surface area contributed by atoms with Gasteiger partial charge in [-0.2, -0.15) is 0 Å². The van der Waals surface area contributed by atoms with Crippen LogP contribution in [0.1, 0.15) is 37.3 Å². The first kappa shape index (κ1) is 23.8. The van der Waals surface area contributed by atoms with Crippen molar-refractivity contribution in [3.63, 3.8) is 0 Å². The molecule has 1 saturated heterocycles. The van der Waals surface area contributed by atoms with Crippen LogP contribution in [0.3, 0.4) is 0 Å². The van der Waals surface area contributed by atoms with Gasteiger partial charge in [-0.25, -0.2) is 8.10 Å². The Balaban J connectivity index is 1.83. The Morgan fingerprint density at radius 2 is 1.94 bits per heavy atom. The summed E-state index contributed by atoms with van der Waals surface area (Å²) in [6, 6.07) is 10.0. The number of benzene rings is 1. The molecule has 2 unspecified atom stereocenters. The van der Waals surface area contributed by atoms with Crippen LogP contribution < -0.4 is 5.73 Å². The van der Waals surface area contributed by atoms with Crippen molar-refractivity contribution < 1.29 is 17.4 Å². The Labute approximate surface area is 188 Å². The van der Waals surface area contributed by atoms with E-state index in [1.165, 1.54) is 12.8 Å². The summed E-state index contributed by atoms with van der Waals surface area (Å²) in [5.74, 6) is -0.0684. The maximum Gasteiger partial charge on any atom is 0.227 e. The number of rotatable bonds is 8. The fraction of sp³-hybridized carbons (Fsp3) is 0.522. The van der Waals surface area contributed by atoms with Crippen LogP contribution in [0.25, 0.3) is 0 Å². The first-order chi connectivity index (χ1) is 14.7. The molecule has 170 valence electrons. The molecule has 1 amide bonds. The molecule has 0 bridgehead atoms. The highest BCUT2D eigenvalue weighted by atomic mass is 32.2. The van der Waals surface area contributed by atoms with E-state index in [1.54, 1.807) is 25.1 Å². The van der Waals surface area contributed by atoms with E-state index >= 15 is 0 Å². The predicted octanol–water partition coefficient (Wildman–Crippen LogP) is 2.08. The molecule has 3 atom stereocenters. The highest BCUT2D eigenvalue weighted by Gasteiger charge is 2.47. The van der Waals surface area contributed by atoms with Gasteiger partial charge in [0.1, 0.15) is 11.3 Å². The maximum absolute atomic E-state index is 13.4. The first-order valence-electron chi connectivity index (χ1n) is 10.8. The summed E-state index contributed by atoms with van der Waals surface area (Å²) in [4.78, 5) is 17.6. The molecule has 1 heterocycles. The smallest absolute Gasteiger partial charge is 0.227 e. The Hall–Kier alpha value is -1.84. The van der Waals surface area contributed by atoms with Crippen LogP contribution in [0.15, 0.2) is 54.1 Å². The molecule has 31 heavy (non-hydrogen) atoms. The number of hydrogen-bond donors (Lipinski definition) is 1. The lowest BCUT2D eigenvalue weighted by molar-refractivity contribution is -0.816. The zero-order valence-corrected chi connectivity index (χ0v) is 19.5. The van der Waals surface area contributed by atoms with Gasteiger partial charge in [0.15, 0.2) is 5.66 Å². The Morgan fingerprint density at radius 3 is 2.55 bits per heavy atom. The van der Waals surface area contributed by atoms with Crippen LogP contribution in [0, 0.1) is 0 Å². The molecule has 1 aliphatic heterocycles. The summed E-state index contributed by atoms with van der Waals surface area (Å²) in [6.45, 7) is 2.88. The SMILES string of the molecule is CN(C(=O)CC1=CC=CCC1(N)[N+](C)(C)S(=O)[O-])[C@H](CN1CCCC1)c1ccccc1. The fourth-order valence-electron chi connectivity index (χ4n) is 4.42. The number of hydrogen-bond acceptors (Lipinski definition) is 5. The van der Waals surface area contributed by atoms with E-state index in [4.69, 9.17) is 5.73 Å².